The monoisotopic (exact) mass is 226 g/mol. The van der Waals surface area contributed by atoms with Crippen LogP contribution in [0.2, 0.25) is 0 Å². The number of rotatable bonds is 2. The number of carbonyl (C=O) groups is 1. The smallest absolute Gasteiger partial charge is 0.171 e. The molecule has 0 saturated carbocycles. The highest BCUT2D eigenvalue weighted by molar-refractivity contribution is 7.13. The van der Waals surface area contributed by atoms with E-state index in [-0.39, 0.29) is 11.9 Å². The standard InChI is InChI=1S/C10H14N2O2S/c1-7(13)9-5-11-10(15-9)8-6-12(2)3-4-14-8/h5,8H,3-4,6H2,1-2H3. The maximum Gasteiger partial charge on any atom is 0.171 e. The fourth-order valence-corrected chi connectivity index (χ4v) is 2.38. The van der Waals surface area contributed by atoms with Crippen LogP contribution in [0.4, 0.5) is 0 Å². The van der Waals surface area contributed by atoms with Crippen LogP contribution < -0.4 is 0 Å². The largest absolute Gasteiger partial charge is 0.368 e. The third-order valence-electron chi connectivity index (χ3n) is 2.42. The maximum atomic E-state index is 11.1. The Morgan fingerprint density at radius 2 is 2.53 bits per heavy atom. The Hall–Kier alpha value is -0.780. The molecule has 0 bridgehead atoms. The zero-order valence-electron chi connectivity index (χ0n) is 8.90. The molecule has 0 aliphatic carbocycles. The van der Waals surface area contributed by atoms with Crippen molar-refractivity contribution in [1.82, 2.24) is 9.88 Å². The second-order valence-corrected chi connectivity index (χ2v) is 4.80. The highest BCUT2D eigenvalue weighted by Gasteiger charge is 2.22. The van der Waals surface area contributed by atoms with Crippen LogP contribution in [0.15, 0.2) is 6.20 Å². The molecule has 1 saturated heterocycles. The molecule has 2 rings (SSSR count). The zero-order chi connectivity index (χ0) is 10.8. The van der Waals surface area contributed by atoms with Crippen LogP contribution in [-0.2, 0) is 4.74 Å². The molecule has 1 aliphatic rings. The van der Waals surface area contributed by atoms with E-state index < -0.39 is 0 Å². The van der Waals surface area contributed by atoms with E-state index in [1.165, 1.54) is 11.3 Å². The van der Waals surface area contributed by atoms with Gasteiger partial charge in [-0.2, -0.15) is 0 Å². The van der Waals surface area contributed by atoms with Crippen molar-refractivity contribution in [2.75, 3.05) is 26.7 Å². The summed E-state index contributed by atoms with van der Waals surface area (Å²) in [6.07, 6.45) is 1.67. The highest BCUT2D eigenvalue weighted by atomic mass is 32.1. The molecule has 15 heavy (non-hydrogen) atoms. The summed E-state index contributed by atoms with van der Waals surface area (Å²) in [5.41, 5.74) is 0. The maximum absolute atomic E-state index is 11.1. The molecule has 1 unspecified atom stereocenters. The Bertz CT molecular complexity index is 364. The van der Waals surface area contributed by atoms with Gasteiger partial charge in [-0.3, -0.25) is 4.79 Å². The average Bonchev–Trinajstić information content (AvgIpc) is 2.66. The minimum atomic E-state index is 0.0295. The SMILES string of the molecule is CC(=O)c1cnc(C2CN(C)CCO2)s1. The van der Waals surface area contributed by atoms with Crippen LogP contribution in [0.25, 0.3) is 0 Å². The van der Waals surface area contributed by atoms with Crippen LogP contribution >= 0.6 is 11.3 Å². The Morgan fingerprint density at radius 3 is 3.13 bits per heavy atom. The third-order valence-corrected chi connectivity index (χ3v) is 3.61. The van der Waals surface area contributed by atoms with Gasteiger partial charge in [0.1, 0.15) is 11.1 Å². The minimum absolute atomic E-state index is 0.0295. The lowest BCUT2D eigenvalue weighted by Gasteiger charge is -2.28. The molecule has 0 aromatic carbocycles. The molecule has 1 aliphatic heterocycles. The van der Waals surface area contributed by atoms with Gasteiger partial charge in [0.25, 0.3) is 0 Å². The van der Waals surface area contributed by atoms with Gasteiger partial charge >= 0.3 is 0 Å². The van der Waals surface area contributed by atoms with Crippen molar-refractivity contribution in [3.8, 4) is 0 Å². The van der Waals surface area contributed by atoms with Crippen molar-refractivity contribution in [1.29, 1.82) is 0 Å². The van der Waals surface area contributed by atoms with Crippen molar-refractivity contribution in [3.05, 3.63) is 16.1 Å². The lowest BCUT2D eigenvalue weighted by atomic mass is 10.3. The van der Waals surface area contributed by atoms with Gasteiger partial charge in [-0.1, -0.05) is 0 Å². The number of carbonyl (C=O) groups excluding carboxylic acids is 1. The molecular weight excluding hydrogens is 212 g/mol. The van der Waals surface area contributed by atoms with E-state index in [1.54, 1.807) is 13.1 Å². The molecule has 1 fully saturated rings. The second-order valence-electron chi connectivity index (χ2n) is 3.74. The van der Waals surface area contributed by atoms with Crippen molar-refractivity contribution >= 4 is 17.1 Å². The Morgan fingerprint density at radius 1 is 1.73 bits per heavy atom. The lowest BCUT2D eigenvalue weighted by Crippen LogP contribution is -2.35. The fraction of sp³-hybridized carbons (Fsp3) is 0.600. The van der Waals surface area contributed by atoms with Crippen LogP contribution in [-0.4, -0.2) is 42.4 Å². The lowest BCUT2D eigenvalue weighted by molar-refractivity contribution is -0.0209. The average molecular weight is 226 g/mol. The van der Waals surface area contributed by atoms with Gasteiger partial charge in [-0.05, 0) is 7.05 Å². The molecule has 1 aromatic rings. The molecule has 82 valence electrons. The first-order valence-corrected chi connectivity index (χ1v) is 5.75. The first-order valence-electron chi connectivity index (χ1n) is 4.93. The zero-order valence-corrected chi connectivity index (χ0v) is 9.71. The number of ether oxygens (including phenoxy) is 1. The molecular formula is C10H14N2O2S. The van der Waals surface area contributed by atoms with Crippen LogP contribution in [0.5, 0.6) is 0 Å². The van der Waals surface area contributed by atoms with Gasteiger partial charge < -0.3 is 9.64 Å². The fourth-order valence-electron chi connectivity index (χ4n) is 1.53. The molecule has 1 aromatic heterocycles. The molecule has 5 heteroatoms. The number of morpholine rings is 1. The normalized spacial score (nSPS) is 22.9. The summed E-state index contributed by atoms with van der Waals surface area (Å²) in [5.74, 6) is 0.0721. The molecule has 1 atom stereocenters. The van der Waals surface area contributed by atoms with Gasteiger partial charge in [-0.25, -0.2) is 4.98 Å². The number of hydrogen-bond donors (Lipinski definition) is 0. The summed E-state index contributed by atoms with van der Waals surface area (Å²) in [4.78, 5) is 18.3. The summed E-state index contributed by atoms with van der Waals surface area (Å²) in [6, 6.07) is 0. The predicted molar refractivity (Wildman–Crippen MR) is 58.3 cm³/mol. The molecule has 0 N–H and O–H groups in total. The quantitative estimate of drug-likeness (QED) is 0.714. The highest BCUT2D eigenvalue weighted by Crippen LogP contribution is 2.25. The number of hydrogen-bond acceptors (Lipinski definition) is 5. The first-order chi connectivity index (χ1) is 7.16. The number of thiazole rings is 1. The van der Waals surface area contributed by atoms with Crippen molar-refractivity contribution in [2.45, 2.75) is 13.0 Å². The predicted octanol–water partition coefficient (Wildman–Crippen LogP) is 1.35. The molecule has 4 nitrogen and oxygen atoms in total. The van der Waals surface area contributed by atoms with E-state index in [4.69, 9.17) is 4.74 Å². The Labute approximate surface area is 92.9 Å². The Balaban J connectivity index is 2.11. The van der Waals surface area contributed by atoms with Crippen molar-refractivity contribution in [2.24, 2.45) is 0 Å². The van der Waals surface area contributed by atoms with Crippen LogP contribution in [0.3, 0.4) is 0 Å². The summed E-state index contributed by atoms with van der Waals surface area (Å²) >= 11 is 1.44. The van der Waals surface area contributed by atoms with Gasteiger partial charge in [-0.15, -0.1) is 11.3 Å². The van der Waals surface area contributed by atoms with Gasteiger partial charge in [0.15, 0.2) is 5.78 Å². The van der Waals surface area contributed by atoms with Gasteiger partial charge in [0.05, 0.1) is 11.5 Å². The molecule has 0 radical (unpaired) electrons. The number of likely N-dealkylation sites (N-methyl/N-ethyl adjacent to an activating group) is 1. The minimum Gasteiger partial charge on any atom is -0.368 e. The topological polar surface area (TPSA) is 42.4 Å². The van der Waals surface area contributed by atoms with E-state index in [1.807, 2.05) is 0 Å². The number of nitrogens with zero attached hydrogens (tertiary/aromatic N) is 2. The van der Waals surface area contributed by atoms with Crippen molar-refractivity contribution < 1.29 is 9.53 Å². The van der Waals surface area contributed by atoms with E-state index in [2.05, 4.69) is 16.9 Å². The second kappa shape index (κ2) is 4.38. The third kappa shape index (κ3) is 2.42. The number of aromatic nitrogens is 1. The summed E-state index contributed by atoms with van der Waals surface area (Å²) < 4.78 is 5.62. The van der Waals surface area contributed by atoms with Crippen LogP contribution in [0, 0.1) is 0 Å². The first kappa shape index (κ1) is 10.7. The van der Waals surface area contributed by atoms with Crippen molar-refractivity contribution in [3.63, 3.8) is 0 Å². The summed E-state index contributed by atoms with van der Waals surface area (Å²) in [7, 11) is 2.06. The summed E-state index contributed by atoms with van der Waals surface area (Å²) in [6.45, 7) is 4.10. The molecule has 2 heterocycles. The van der Waals surface area contributed by atoms with E-state index in [0.29, 0.717) is 4.88 Å². The Kier molecular flexibility index (Phi) is 3.14. The van der Waals surface area contributed by atoms with E-state index >= 15 is 0 Å². The molecule has 0 amide bonds. The van der Waals surface area contributed by atoms with Gasteiger partial charge in [0, 0.05) is 26.2 Å². The van der Waals surface area contributed by atoms with E-state index in [0.717, 1.165) is 24.7 Å². The van der Waals surface area contributed by atoms with Crippen LogP contribution in [0.1, 0.15) is 27.7 Å². The number of Topliss-reactive ketones (excluding diaryl/α,β-unsaturated/α-hetero) is 1. The summed E-state index contributed by atoms with van der Waals surface area (Å²) in [5, 5.41) is 0.909. The molecule has 0 spiro atoms. The van der Waals surface area contributed by atoms with E-state index in [9.17, 15) is 4.79 Å². The van der Waals surface area contributed by atoms with Gasteiger partial charge in [0.2, 0.25) is 0 Å². The number of ketones is 1.